The largest absolute Gasteiger partial charge is 0.466 e. The third-order valence-corrected chi connectivity index (χ3v) is 6.97. The summed E-state index contributed by atoms with van der Waals surface area (Å²) in [5.74, 6) is -3.90. The van der Waals surface area contributed by atoms with Gasteiger partial charge in [0.15, 0.2) is 0 Å². The van der Waals surface area contributed by atoms with Crippen molar-refractivity contribution in [1.82, 2.24) is 9.97 Å². The first-order valence-electron chi connectivity index (χ1n) is 12.7. The molecule has 1 saturated heterocycles. The molecule has 1 fully saturated rings. The Morgan fingerprint density at radius 1 is 1.07 bits per heavy atom. The fourth-order valence-electron chi connectivity index (χ4n) is 5.11. The molecular weight excluding hydrogens is 582 g/mol. The number of anilines is 2. The van der Waals surface area contributed by atoms with E-state index in [0.717, 1.165) is 35.9 Å². The van der Waals surface area contributed by atoms with Crippen LogP contribution in [0, 0.1) is 23.4 Å². The van der Waals surface area contributed by atoms with E-state index in [1.807, 2.05) is 11.8 Å². The SMILES string of the molecule is C[C@H]1CN(c2c(NC(=O)c3ccc(F)c(-c4c(F)cccc4F)n3)cnc3c2CC[C@H]3O)C[C@@H](N)[C@@H]1O.O=P(O)(O)O. The minimum absolute atomic E-state index is 0.153. The van der Waals surface area contributed by atoms with Crippen LogP contribution in [0.2, 0.25) is 0 Å². The number of pyridine rings is 2. The lowest BCUT2D eigenvalue weighted by Gasteiger charge is -2.41. The lowest BCUT2D eigenvalue weighted by atomic mass is 9.92. The number of hydrogen-bond acceptors (Lipinski definition) is 8. The van der Waals surface area contributed by atoms with Gasteiger partial charge in [-0.1, -0.05) is 13.0 Å². The molecule has 0 saturated carbocycles. The first-order chi connectivity index (χ1) is 19.7. The van der Waals surface area contributed by atoms with Crippen LogP contribution in [0.3, 0.4) is 0 Å². The number of carbonyl (C=O) groups excluding carboxylic acids is 1. The summed E-state index contributed by atoms with van der Waals surface area (Å²) in [7, 11) is -4.64. The van der Waals surface area contributed by atoms with Gasteiger partial charge in [0, 0.05) is 30.6 Å². The number of phosphoric acid groups is 1. The molecule has 1 aromatic carbocycles. The van der Waals surface area contributed by atoms with Crippen LogP contribution in [0.1, 0.15) is 41.2 Å². The second-order valence-electron chi connectivity index (χ2n) is 10.1. The Hall–Kier alpha value is -3.43. The molecule has 0 radical (unpaired) electrons. The number of amides is 1. The van der Waals surface area contributed by atoms with Crippen molar-refractivity contribution in [3.05, 3.63) is 70.9 Å². The molecular formula is C26H29F3N5O7P. The Kier molecular flexibility index (Phi) is 9.33. The van der Waals surface area contributed by atoms with Crippen LogP contribution in [-0.4, -0.2) is 66.0 Å². The van der Waals surface area contributed by atoms with Gasteiger partial charge in [-0.3, -0.25) is 9.78 Å². The van der Waals surface area contributed by atoms with Gasteiger partial charge in [0.2, 0.25) is 0 Å². The number of hydrogen-bond donors (Lipinski definition) is 7. The van der Waals surface area contributed by atoms with Gasteiger partial charge in [0.05, 0.1) is 41.0 Å². The maximum atomic E-state index is 14.5. The molecule has 0 bridgehead atoms. The molecule has 3 aromatic rings. The molecule has 5 rings (SSSR count). The van der Waals surface area contributed by atoms with Crippen molar-refractivity contribution in [3.63, 3.8) is 0 Å². The summed E-state index contributed by atoms with van der Waals surface area (Å²) in [6.07, 6.45) is 0.994. The second kappa shape index (κ2) is 12.4. The number of aromatic nitrogens is 2. The molecule has 226 valence electrons. The number of nitrogens with zero attached hydrogens (tertiary/aromatic N) is 3. The van der Waals surface area contributed by atoms with E-state index < -0.39 is 60.7 Å². The van der Waals surface area contributed by atoms with E-state index in [4.69, 9.17) is 25.0 Å². The van der Waals surface area contributed by atoms with Crippen molar-refractivity contribution in [2.24, 2.45) is 11.7 Å². The fourth-order valence-corrected chi connectivity index (χ4v) is 5.11. The van der Waals surface area contributed by atoms with E-state index in [1.165, 1.54) is 6.20 Å². The van der Waals surface area contributed by atoms with Crippen molar-refractivity contribution < 1.29 is 47.4 Å². The first kappa shape index (κ1) is 31.5. The lowest BCUT2D eigenvalue weighted by Crippen LogP contribution is -2.56. The van der Waals surface area contributed by atoms with Gasteiger partial charge >= 0.3 is 7.82 Å². The maximum absolute atomic E-state index is 14.5. The zero-order chi connectivity index (χ0) is 30.9. The van der Waals surface area contributed by atoms with Gasteiger partial charge in [-0.2, -0.15) is 0 Å². The minimum Gasteiger partial charge on any atom is -0.391 e. The molecule has 1 aliphatic heterocycles. The Balaban J connectivity index is 0.000000748. The molecule has 16 heteroatoms. The van der Waals surface area contributed by atoms with Gasteiger partial charge in [-0.05, 0) is 37.1 Å². The van der Waals surface area contributed by atoms with Gasteiger partial charge in [-0.15, -0.1) is 0 Å². The summed E-state index contributed by atoms with van der Waals surface area (Å²) < 4.78 is 52.0. The van der Waals surface area contributed by atoms with Gasteiger partial charge in [-0.25, -0.2) is 22.7 Å². The highest BCUT2D eigenvalue weighted by Gasteiger charge is 2.36. The van der Waals surface area contributed by atoms with E-state index in [2.05, 4.69) is 15.3 Å². The number of carbonyl (C=O) groups is 1. The highest BCUT2D eigenvalue weighted by atomic mass is 31.2. The zero-order valence-electron chi connectivity index (χ0n) is 22.2. The van der Waals surface area contributed by atoms with Crippen molar-refractivity contribution in [3.8, 4) is 11.3 Å². The van der Waals surface area contributed by atoms with Gasteiger partial charge in [0.1, 0.15) is 28.8 Å². The fraction of sp³-hybridized carbons (Fsp3) is 0.346. The lowest BCUT2D eigenvalue weighted by molar-refractivity contribution is 0.0784. The number of fused-ring (bicyclic) bond motifs is 1. The molecule has 8 N–H and O–H groups in total. The molecule has 2 aromatic heterocycles. The monoisotopic (exact) mass is 611 g/mol. The van der Waals surface area contributed by atoms with Crippen molar-refractivity contribution in [2.75, 3.05) is 23.3 Å². The van der Waals surface area contributed by atoms with E-state index in [9.17, 15) is 28.2 Å². The summed E-state index contributed by atoms with van der Waals surface area (Å²) in [5, 5.41) is 23.4. The smallest absolute Gasteiger partial charge is 0.391 e. The Morgan fingerprint density at radius 2 is 1.71 bits per heavy atom. The average Bonchev–Trinajstić information content (AvgIpc) is 3.27. The third-order valence-electron chi connectivity index (χ3n) is 6.97. The second-order valence-corrected chi connectivity index (χ2v) is 11.1. The summed E-state index contributed by atoms with van der Waals surface area (Å²) in [5.41, 5.74) is 6.85. The van der Waals surface area contributed by atoms with E-state index in [0.29, 0.717) is 43.0 Å². The molecule has 12 nitrogen and oxygen atoms in total. The van der Waals surface area contributed by atoms with E-state index in [1.54, 1.807) is 0 Å². The quantitative estimate of drug-likeness (QED) is 0.213. The molecule has 3 heterocycles. The number of piperidine rings is 1. The summed E-state index contributed by atoms with van der Waals surface area (Å²) in [4.78, 5) is 45.0. The highest BCUT2D eigenvalue weighted by Crippen LogP contribution is 2.41. The molecule has 4 atom stereocenters. The van der Waals surface area contributed by atoms with Crippen molar-refractivity contribution in [2.45, 2.75) is 38.0 Å². The third kappa shape index (κ3) is 6.95. The molecule has 1 aliphatic carbocycles. The van der Waals surface area contributed by atoms with Crippen LogP contribution in [0.25, 0.3) is 11.3 Å². The van der Waals surface area contributed by atoms with Gasteiger partial charge < -0.3 is 40.8 Å². The summed E-state index contributed by atoms with van der Waals surface area (Å²) >= 11 is 0. The Labute approximate surface area is 237 Å². The predicted molar refractivity (Wildman–Crippen MR) is 145 cm³/mol. The van der Waals surface area contributed by atoms with Crippen LogP contribution in [-0.2, 0) is 11.0 Å². The molecule has 1 amide bonds. The number of rotatable bonds is 4. The molecule has 0 unspecified atom stereocenters. The van der Waals surface area contributed by atoms with Crippen LogP contribution < -0.4 is 16.0 Å². The molecule has 2 aliphatic rings. The van der Waals surface area contributed by atoms with Crippen LogP contribution in [0.15, 0.2) is 36.5 Å². The van der Waals surface area contributed by atoms with E-state index in [-0.39, 0.29) is 11.6 Å². The summed E-state index contributed by atoms with van der Waals surface area (Å²) in [6.45, 7) is 2.64. The number of nitrogens with one attached hydrogen (secondary N) is 1. The highest BCUT2D eigenvalue weighted by molar-refractivity contribution is 7.45. The summed E-state index contributed by atoms with van der Waals surface area (Å²) in [6, 6.07) is 4.61. The van der Waals surface area contributed by atoms with Gasteiger partial charge in [0.25, 0.3) is 5.91 Å². The van der Waals surface area contributed by atoms with Crippen molar-refractivity contribution >= 4 is 25.1 Å². The van der Waals surface area contributed by atoms with E-state index >= 15 is 0 Å². The zero-order valence-corrected chi connectivity index (χ0v) is 23.0. The number of benzene rings is 1. The normalized spacial score (nSPS) is 21.8. The Bertz CT molecular complexity index is 1500. The van der Waals surface area contributed by atoms with Crippen LogP contribution >= 0.6 is 7.82 Å². The number of aliphatic hydroxyl groups excluding tert-OH is 2. The number of halogens is 3. The first-order valence-corrected chi connectivity index (χ1v) is 14.3. The number of aliphatic hydroxyl groups is 2. The maximum Gasteiger partial charge on any atom is 0.466 e. The Morgan fingerprint density at radius 3 is 2.33 bits per heavy atom. The van der Waals surface area contributed by atoms with Crippen LogP contribution in [0.4, 0.5) is 24.5 Å². The standard InChI is InChI=1S/C26H26F3N5O3.H3O4P/c1-12-10-34(11-17(30)25(12)36)24-13-5-8-20(35)22(13)31-9-19(24)33-26(37)18-7-6-16(29)23(32-18)21-14(27)3-2-4-15(21)28;1-5(2,3)4/h2-4,6-7,9,12,17,20,25,35-36H,5,8,10-11,30H2,1H3,(H,33,37);(H3,1,2,3,4)/t12-,17+,20+,25+;/m0./s1. The molecule has 0 spiro atoms. The predicted octanol–water partition coefficient (Wildman–Crippen LogP) is 2.01. The van der Waals surface area contributed by atoms with Crippen molar-refractivity contribution in [1.29, 1.82) is 0 Å². The topological polar surface area (TPSA) is 202 Å². The van der Waals surface area contributed by atoms with Crippen LogP contribution in [0.5, 0.6) is 0 Å². The molecule has 42 heavy (non-hydrogen) atoms. The average molecular weight is 612 g/mol. The minimum atomic E-state index is -4.64. The number of nitrogens with two attached hydrogens (primary N) is 1.